The summed E-state index contributed by atoms with van der Waals surface area (Å²) in [6, 6.07) is 0. The summed E-state index contributed by atoms with van der Waals surface area (Å²) in [7, 11) is 1.66. The van der Waals surface area contributed by atoms with Gasteiger partial charge >= 0.3 is 0 Å². The maximum atomic E-state index is 11.0. The van der Waals surface area contributed by atoms with Crippen LogP contribution in [0.5, 0.6) is 0 Å². The molecule has 0 radical (unpaired) electrons. The summed E-state index contributed by atoms with van der Waals surface area (Å²) in [6.07, 6.45) is 0. The molecule has 0 aromatic carbocycles. The number of carbonyl (C=O) groups is 1. The van der Waals surface area contributed by atoms with Gasteiger partial charge in [-0.15, -0.1) is 0 Å². The van der Waals surface area contributed by atoms with Crippen LogP contribution in [-0.4, -0.2) is 32.7 Å². The van der Waals surface area contributed by atoms with Crippen LogP contribution in [-0.2, 0) is 4.79 Å². The van der Waals surface area contributed by atoms with E-state index in [1.54, 1.807) is 7.05 Å². The summed E-state index contributed by atoms with van der Waals surface area (Å²) >= 11 is 0. The Balaban J connectivity index is 2.31. The highest BCUT2D eigenvalue weighted by molar-refractivity contribution is 5.78. The number of rotatable bonds is 1. The lowest BCUT2D eigenvalue weighted by molar-refractivity contribution is -0.124. The van der Waals surface area contributed by atoms with Gasteiger partial charge in [0.15, 0.2) is 0 Å². The molecule has 0 spiro atoms. The van der Waals surface area contributed by atoms with Crippen molar-refractivity contribution in [2.75, 3.05) is 26.8 Å². The van der Waals surface area contributed by atoms with Gasteiger partial charge in [0, 0.05) is 26.8 Å². The molecule has 0 saturated carbocycles. The molecule has 10 heavy (non-hydrogen) atoms. The number of hydrogen-bond donors (Lipinski definition) is 3. The summed E-state index contributed by atoms with van der Waals surface area (Å²) in [4.78, 5) is 11.0. The summed E-state index contributed by atoms with van der Waals surface area (Å²) < 4.78 is 0. The van der Waals surface area contributed by atoms with Crippen LogP contribution in [0.2, 0.25) is 0 Å². The van der Waals surface area contributed by atoms with E-state index in [0.717, 1.165) is 19.8 Å². The maximum Gasteiger partial charge on any atom is 0.225 e. The Morgan fingerprint density at radius 1 is 1.50 bits per heavy atom. The Labute approximate surface area is 60.4 Å². The molecule has 1 amide bonds. The zero-order chi connectivity index (χ0) is 7.40. The van der Waals surface area contributed by atoms with Crippen molar-refractivity contribution in [1.82, 2.24) is 16.0 Å². The average molecular weight is 143 g/mol. The molecule has 4 heteroatoms. The van der Waals surface area contributed by atoms with Crippen LogP contribution >= 0.6 is 0 Å². The predicted molar refractivity (Wildman–Crippen MR) is 38.4 cm³/mol. The molecular formula is C6H13N3O. The van der Waals surface area contributed by atoms with Crippen LogP contribution in [0.1, 0.15) is 0 Å². The van der Waals surface area contributed by atoms with E-state index in [-0.39, 0.29) is 11.8 Å². The standard InChI is InChI=1S/C6H13N3O/c1-7-6(10)5-2-8-4-9-3-5/h5,8-9H,2-4H2,1H3,(H,7,10). The zero-order valence-corrected chi connectivity index (χ0v) is 6.11. The van der Waals surface area contributed by atoms with Gasteiger partial charge < -0.3 is 16.0 Å². The van der Waals surface area contributed by atoms with Crippen molar-refractivity contribution < 1.29 is 4.79 Å². The first-order valence-corrected chi connectivity index (χ1v) is 3.47. The second-order valence-electron chi connectivity index (χ2n) is 2.40. The second kappa shape index (κ2) is 3.53. The minimum absolute atomic E-state index is 0.0961. The summed E-state index contributed by atoms with van der Waals surface area (Å²) in [6.45, 7) is 2.38. The molecule has 4 nitrogen and oxygen atoms in total. The van der Waals surface area contributed by atoms with Crippen LogP contribution in [0.3, 0.4) is 0 Å². The van der Waals surface area contributed by atoms with Crippen molar-refractivity contribution in [2.45, 2.75) is 0 Å². The van der Waals surface area contributed by atoms with Crippen molar-refractivity contribution in [2.24, 2.45) is 5.92 Å². The lowest BCUT2D eigenvalue weighted by atomic mass is 10.1. The molecule has 1 aliphatic heterocycles. The third-order valence-corrected chi connectivity index (χ3v) is 1.65. The van der Waals surface area contributed by atoms with E-state index in [4.69, 9.17) is 0 Å². The Bertz CT molecular complexity index is 120. The zero-order valence-electron chi connectivity index (χ0n) is 6.11. The van der Waals surface area contributed by atoms with Gasteiger partial charge in [-0.1, -0.05) is 0 Å². The molecular weight excluding hydrogens is 130 g/mol. The molecule has 58 valence electrons. The monoisotopic (exact) mass is 143 g/mol. The molecule has 1 aliphatic rings. The van der Waals surface area contributed by atoms with Gasteiger partial charge in [0.05, 0.1) is 5.92 Å². The predicted octanol–water partition coefficient (Wildman–Crippen LogP) is -1.50. The first-order valence-electron chi connectivity index (χ1n) is 3.47. The van der Waals surface area contributed by atoms with Gasteiger partial charge in [-0.3, -0.25) is 4.79 Å². The molecule has 0 aromatic rings. The van der Waals surface area contributed by atoms with Crippen molar-refractivity contribution in [3.05, 3.63) is 0 Å². The fraction of sp³-hybridized carbons (Fsp3) is 0.833. The third-order valence-electron chi connectivity index (χ3n) is 1.65. The van der Waals surface area contributed by atoms with Gasteiger partial charge in [0.25, 0.3) is 0 Å². The number of carbonyl (C=O) groups excluding carboxylic acids is 1. The van der Waals surface area contributed by atoms with Crippen molar-refractivity contribution >= 4 is 5.91 Å². The van der Waals surface area contributed by atoms with Gasteiger partial charge in [0.2, 0.25) is 5.91 Å². The van der Waals surface area contributed by atoms with E-state index in [1.807, 2.05) is 0 Å². The highest BCUT2D eigenvalue weighted by Gasteiger charge is 2.18. The first-order chi connectivity index (χ1) is 4.84. The second-order valence-corrected chi connectivity index (χ2v) is 2.40. The van der Waals surface area contributed by atoms with Gasteiger partial charge in [0.1, 0.15) is 0 Å². The molecule has 0 unspecified atom stereocenters. The minimum Gasteiger partial charge on any atom is -0.359 e. The van der Waals surface area contributed by atoms with Gasteiger partial charge in [-0.2, -0.15) is 0 Å². The largest absolute Gasteiger partial charge is 0.359 e. The molecule has 1 heterocycles. The molecule has 0 aliphatic carbocycles. The van der Waals surface area contributed by atoms with Crippen LogP contribution in [0.25, 0.3) is 0 Å². The van der Waals surface area contributed by atoms with Gasteiger partial charge in [-0.05, 0) is 0 Å². The van der Waals surface area contributed by atoms with E-state index in [9.17, 15) is 4.79 Å². The fourth-order valence-electron chi connectivity index (χ4n) is 1.04. The normalized spacial score (nSPS) is 20.5. The number of nitrogens with one attached hydrogen (secondary N) is 3. The van der Waals surface area contributed by atoms with E-state index in [1.165, 1.54) is 0 Å². The quantitative estimate of drug-likeness (QED) is 0.418. The van der Waals surface area contributed by atoms with Crippen molar-refractivity contribution in [3.63, 3.8) is 0 Å². The van der Waals surface area contributed by atoms with Crippen LogP contribution in [0.15, 0.2) is 0 Å². The van der Waals surface area contributed by atoms with Crippen LogP contribution in [0.4, 0.5) is 0 Å². The molecule has 0 atom stereocenters. The van der Waals surface area contributed by atoms with E-state index >= 15 is 0 Å². The van der Waals surface area contributed by atoms with Crippen LogP contribution < -0.4 is 16.0 Å². The SMILES string of the molecule is CNC(=O)C1CNCNC1. The fourth-order valence-corrected chi connectivity index (χ4v) is 1.04. The lowest BCUT2D eigenvalue weighted by Crippen LogP contribution is -2.49. The molecule has 0 bridgehead atoms. The molecule has 1 saturated heterocycles. The first kappa shape index (κ1) is 7.50. The summed E-state index contributed by atoms with van der Waals surface area (Å²) in [5, 5.41) is 8.77. The van der Waals surface area contributed by atoms with Crippen molar-refractivity contribution in [1.29, 1.82) is 0 Å². The molecule has 3 N–H and O–H groups in total. The maximum absolute atomic E-state index is 11.0. The van der Waals surface area contributed by atoms with Gasteiger partial charge in [-0.25, -0.2) is 0 Å². The molecule has 0 aromatic heterocycles. The number of hydrogen-bond acceptors (Lipinski definition) is 3. The highest BCUT2D eigenvalue weighted by Crippen LogP contribution is 1.94. The Morgan fingerprint density at radius 2 is 2.10 bits per heavy atom. The summed E-state index contributed by atoms with van der Waals surface area (Å²) in [5.41, 5.74) is 0. The molecule has 1 rings (SSSR count). The van der Waals surface area contributed by atoms with E-state index in [0.29, 0.717) is 0 Å². The average Bonchev–Trinajstić information content (AvgIpc) is 2.05. The smallest absolute Gasteiger partial charge is 0.225 e. The number of amides is 1. The minimum atomic E-state index is 0.0961. The Hall–Kier alpha value is -0.610. The van der Waals surface area contributed by atoms with E-state index in [2.05, 4.69) is 16.0 Å². The Kier molecular flexibility index (Phi) is 2.65. The third kappa shape index (κ3) is 1.68. The van der Waals surface area contributed by atoms with Crippen molar-refractivity contribution in [3.8, 4) is 0 Å². The van der Waals surface area contributed by atoms with E-state index < -0.39 is 0 Å². The summed E-state index contributed by atoms with van der Waals surface area (Å²) in [5.74, 6) is 0.207. The Morgan fingerprint density at radius 3 is 2.60 bits per heavy atom. The highest BCUT2D eigenvalue weighted by atomic mass is 16.1. The topological polar surface area (TPSA) is 53.2 Å². The van der Waals surface area contributed by atoms with Crippen LogP contribution in [0, 0.1) is 5.92 Å². The lowest BCUT2D eigenvalue weighted by Gasteiger charge is -2.21. The molecule has 1 fully saturated rings.